The molecule has 1 aromatic rings. The third kappa shape index (κ3) is 2.79. The summed E-state index contributed by atoms with van der Waals surface area (Å²) < 4.78 is 1.29. The lowest BCUT2D eigenvalue weighted by molar-refractivity contribution is 0.261. The van der Waals surface area contributed by atoms with Gasteiger partial charge in [0.05, 0.1) is 11.2 Å². The van der Waals surface area contributed by atoms with E-state index in [9.17, 15) is 4.79 Å². The smallest absolute Gasteiger partial charge is 0.291 e. The summed E-state index contributed by atoms with van der Waals surface area (Å²) in [4.78, 5) is 14.1. The number of nitrogens with zero attached hydrogens (tertiary/aromatic N) is 3. The van der Waals surface area contributed by atoms with E-state index in [4.69, 9.17) is 11.6 Å². The predicted octanol–water partition coefficient (Wildman–Crippen LogP) is 0.940. The van der Waals surface area contributed by atoms with Crippen molar-refractivity contribution in [2.45, 2.75) is 18.9 Å². The van der Waals surface area contributed by atoms with Crippen LogP contribution in [0.25, 0.3) is 0 Å². The lowest BCUT2D eigenvalue weighted by atomic mass is 10.1. The molecular formula is C11H17ClN4O. The average Bonchev–Trinajstić information content (AvgIpc) is 2.30. The summed E-state index contributed by atoms with van der Waals surface area (Å²) >= 11 is 6.01. The van der Waals surface area contributed by atoms with Crippen molar-refractivity contribution in [3.05, 3.63) is 21.6 Å². The molecule has 1 atom stereocenters. The van der Waals surface area contributed by atoms with Crippen molar-refractivity contribution in [2.24, 2.45) is 7.05 Å². The van der Waals surface area contributed by atoms with E-state index < -0.39 is 0 Å². The van der Waals surface area contributed by atoms with E-state index in [1.165, 1.54) is 10.9 Å². The molecule has 2 heterocycles. The fourth-order valence-electron chi connectivity index (χ4n) is 2.14. The molecule has 0 aliphatic carbocycles. The fraction of sp³-hybridized carbons (Fsp3) is 0.636. The number of aromatic nitrogens is 2. The van der Waals surface area contributed by atoms with Gasteiger partial charge in [-0.3, -0.25) is 4.79 Å². The third-order valence-electron chi connectivity index (χ3n) is 3.06. The van der Waals surface area contributed by atoms with E-state index in [0.29, 0.717) is 10.7 Å². The van der Waals surface area contributed by atoms with Crippen LogP contribution in [0.15, 0.2) is 11.0 Å². The number of likely N-dealkylation sites (tertiary alicyclic amines) is 1. The van der Waals surface area contributed by atoms with Gasteiger partial charge in [0.25, 0.3) is 5.56 Å². The summed E-state index contributed by atoms with van der Waals surface area (Å²) in [6, 6.07) is 0.279. The van der Waals surface area contributed by atoms with Gasteiger partial charge < -0.3 is 10.2 Å². The molecule has 1 aromatic heterocycles. The zero-order valence-electron chi connectivity index (χ0n) is 10.1. The molecule has 0 radical (unpaired) electrons. The number of piperidine rings is 1. The van der Waals surface area contributed by atoms with Crippen LogP contribution in [0.3, 0.4) is 0 Å². The van der Waals surface area contributed by atoms with Gasteiger partial charge in [0, 0.05) is 19.6 Å². The number of anilines is 1. The van der Waals surface area contributed by atoms with Gasteiger partial charge in [-0.25, -0.2) is 4.68 Å². The molecule has 17 heavy (non-hydrogen) atoms. The number of aryl methyl sites for hydroxylation is 1. The zero-order valence-corrected chi connectivity index (χ0v) is 10.9. The van der Waals surface area contributed by atoms with Gasteiger partial charge in [-0.15, -0.1) is 0 Å². The summed E-state index contributed by atoms with van der Waals surface area (Å²) in [6.45, 7) is 2.04. The van der Waals surface area contributed by atoms with E-state index in [1.54, 1.807) is 7.05 Å². The highest BCUT2D eigenvalue weighted by molar-refractivity contribution is 6.33. The summed E-state index contributed by atoms with van der Waals surface area (Å²) in [7, 11) is 3.71. The first-order valence-corrected chi connectivity index (χ1v) is 6.12. The van der Waals surface area contributed by atoms with Crippen LogP contribution in [0, 0.1) is 0 Å². The maximum absolute atomic E-state index is 11.9. The van der Waals surface area contributed by atoms with Crippen LogP contribution >= 0.6 is 11.6 Å². The van der Waals surface area contributed by atoms with Crippen molar-refractivity contribution in [2.75, 3.05) is 25.5 Å². The minimum absolute atomic E-state index is 0.175. The van der Waals surface area contributed by atoms with Crippen LogP contribution in [0.1, 0.15) is 12.8 Å². The Hall–Kier alpha value is -1.07. The second-order valence-corrected chi connectivity index (χ2v) is 4.95. The summed E-state index contributed by atoms with van der Waals surface area (Å²) in [5, 5.41) is 7.50. The van der Waals surface area contributed by atoms with Crippen LogP contribution in [-0.2, 0) is 7.05 Å². The molecule has 0 bridgehead atoms. The minimum Gasteiger partial charge on any atom is -0.375 e. The van der Waals surface area contributed by atoms with Crippen molar-refractivity contribution in [1.29, 1.82) is 0 Å². The van der Waals surface area contributed by atoms with Crippen molar-refractivity contribution in [1.82, 2.24) is 14.7 Å². The fourth-order valence-corrected chi connectivity index (χ4v) is 2.32. The maximum atomic E-state index is 11.9. The van der Waals surface area contributed by atoms with Crippen molar-refractivity contribution in [3.63, 3.8) is 0 Å². The van der Waals surface area contributed by atoms with Gasteiger partial charge in [0.1, 0.15) is 5.69 Å². The largest absolute Gasteiger partial charge is 0.375 e. The Labute approximate surface area is 105 Å². The second kappa shape index (κ2) is 5.06. The van der Waals surface area contributed by atoms with Crippen LogP contribution in [-0.4, -0.2) is 40.9 Å². The Balaban J connectivity index is 2.18. The van der Waals surface area contributed by atoms with Crippen molar-refractivity contribution >= 4 is 17.3 Å². The topological polar surface area (TPSA) is 50.2 Å². The Morgan fingerprint density at radius 1 is 1.53 bits per heavy atom. The second-order valence-electron chi connectivity index (χ2n) is 4.54. The van der Waals surface area contributed by atoms with Crippen LogP contribution < -0.4 is 10.9 Å². The molecule has 1 aliphatic rings. The normalized spacial score (nSPS) is 21.5. The highest BCUT2D eigenvalue weighted by Crippen LogP contribution is 2.19. The number of hydrogen-bond donors (Lipinski definition) is 1. The average molecular weight is 257 g/mol. The Kier molecular flexibility index (Phi) is 3.69. The Morgan fingerprint density at radius 2 is 2.29 bits per heavy atom. The van der Waals surface area contributed by atoms with Crippen molar-refractivity contribution < 1.29 is 0 Å². The summed E-state index contributed by atoms with van der Waals surface area (Å²) in [5.74, 6) is 0. The highest BCUT2D eigenvalue weighted by Gasteiger charge is 2.19. The maximum Gasteiger partial charge on any atom is 0.291 e. The summed E-state index contributed by atoms with van der Waals surface area (Å²) in [6.07, 6.45) is 3.70. The number of halogens is 1. The molecule has 6 heteroatoms. The third-order valence-corrected chi connectivity index (χ3v) is 3.35. The van der Waals surface area contributed by atoms with E-state index in [1.807, 2.05) is 0 Å². The zero-order chi connectivity index (χ0) is 12.4. The molecule has 0 spiro atoms. The van der Waals surface area contributed by atoms with Crippen LogP contribution in [0.2, 0.25) is 5.02 Å². The Morgan fingerprint density at radius 3 is 3.00 bits per heavy atom. The molecule has 0 unspecified atom stereocenters. The van der Waals surface area contributed by atoms with Crippen LogP contribution in [0.5, 0.6) is 0 Å². The van der Waals surface area contributed by atoms with E-state index in [-0.39, 0.29) is 11.6 Å². The molecule has 0 amide bonds. The first-order chi connectivity index (χ1) is 8.08. The van der Waals surface area contributed by atoms with E-state index in [2.05, 4.69) is 22.4 Å². The minimum atomic E-state index is -0.175. The first kappa shape index (κ1) is 12.4. The molecule has 2 rings (SSSR count). The van der Waals surface area contributed by atoms with Gasteiger partial charge in [-0.1, -0.05) is 11.6 Å². The molecule has 0 saturated carbocycles. The molecule has 1 aliphatic heterocycles. The molecule has 94 valence electrons. The molecule has 0 aromatic carbocycles. The van der Waals surface area contributed by atoms with E-state index >= 15 is 0 Å². The first-order valence-electron chi connectivity index (χ1n) is 5.75. The quantitative estimate of drug-likeness (QED) is 0.856. The SMILES string of the molecule is CN1CCC[C@@H](Nc2c(Cl)cnn(C)c2=O)C1. The van der Waals surface area contributed by atoms with Gasteiger partial charge in [0.15, 0.2) is 0 Å². The van der Waals surface area contributed by atoms with Gasteiger partial charge in [-0.05, 0) is 26.4 Å². The number of hydrogen-bond acceptors (Lipinski definition) is 4. The number of likely N-dealkylation sites (N-methyl/N-ethyl adjacent to an activating group) is 1. The lowest BCUT2D eigenvalue weighted by Crippen LogP contribution is -2.41. The number of rotatable bonds is 2. The molecule has 1 N–H and O–H groups in total. The Bertz CT molecular complexity index is 459. The highest BCUT2D eigenvalue weighted by atomic mass is 35.5. The standard InChI is InChI=1S/C11H17ClN4O/c1-15-5-3-4-8(7-15)14-10-9(12)6-13-16(2)11(10)17/h6,8,14H,3-5,7H2,1-2H3/t8-/m1/s1. The number of nitrogens with one attached hydrogen (secondary N) is 1. The molecule has 5 nitrogen and oxygen atoms in total. The lowest BCUT2D eigenvalue weighted by Gasteiger charge is -2.30. The van der Waals surface area contributed by atoms with Crippen molar-refractivity contribution in [3.8, 4) is 0 Å². The van der Waals surface area contributed by atoms with Gasteiger partial charge in [-0.2, -0.15) is 5.10 Å². The summed E-state index contributed by atoms with van der Waals surface area (Å²) in [5.41, 5.74) is 0.287. The van der Waals surface area contributed by atoms with Gasteiger partial charge in [0.2, 0.25) is 0 Å². The molecular weight excluding hydrogens is 240 g/mol. The monoisotopic (exact) mass is 256 g/mol. The predicted molar refractivity (Wildman–Crippen MR) is 68.6 cm³/mol. The van der Waals surface area contributed by atoms with E-state index in [0.717, 1.165) is 25.9 Å². The van der Waals surface area contributed by atoms with Gasteiger partial charge >= 0.3 is 0 Å². The molecule has 1 saturated heterocycles. The van der Waals surface area contributed by atoms with Crippen LogP contribution in [0.4, 0.5) is 5.69 Å². The molecule has 1 fully saturated rings.